The molecule has 0 fully saturated rings. The molecule has 0 saturated carbocycles. The lowest BCUT2D eigenvalue weighted by molar-refractivity contribution is 0.297. The average Bonchev–Trinajstić information content (AvgIpc) is 3.06. The van der Waals surface area contributed by atoms with Crippen LogP contribution in [0, 0.1) is 5.82 Å². The van der Waals surface area contributed by atoms with E-state index in [-0.39, 0.29) is 29.8 Å². The molecule has 5 nitrogen and oxygen atoms in total. The molecule has 28 heavy (non-hydrogen) atoms. The van der Waals surface area contributed by atoms with Crippen LogP contribution in [0.15, 0.2) is 29.4 Å². The van der Waals surface area contributed by atoms with Gasteiger partial charge in [0.2, 0.25) is 0 Å². The lowest BCUT2D eigenvalue weighted by Gasteiger charge is -2.17. The molecule has 158 valence electrons. The highest BCUT2D eigenvalue weighted by Gasteiger charge is 2.05. The van der Waals surface area contributed by atoms with Crippen LogP contribution in [-0.2, 0) is 6.42 Å². The number of rotatable bonds is 11. The van der Waals surface area contributed by atoms with Gasteiger partial charge in [-0.15, -0.1) is 24.0 Å². The molecule has 0 saturated heterocycles. The van der Waals surface area contributed by atoms with E-state index in [0.717, 1.165) is 69.0 Å². The highest BCUT2D eigenvalue weighted by molar-refractivity contribution is 14.0. The number of aliphatic imine (C=N–C) groups is 1. The molecular formula is C21H35FIN5. The summed E-state index contributed by atoms with van der Waals surface area (Å²) in [6.45, 7) is 12.3. The van der Waals surface area contributed by atoms with Crippen molar-refractivity contribution in [2.24, 2.45) is 4.99 Å². The largest absolute Gasteiger partial charge is 0.361 e. The first-order valence-electron chi connectivity index (χ1n) is 10.2. The highest BCUT2D eigenvalue weighted by atomic mass is 127. The van der Waals surface area contributed by atoms with Crippen LogP contribution in [0.5, 0.6) is 0 Å². The van der Waals surface area contributed by atoms with Crippen LogP contribution in [0.3, 0.4) is 0 Å². The van der Waals surface area contributed by atoms with E-state index >= 15 is 0 Å². The summed E-state index contributed by atoms with van der Waals surface area (Å²) in [5.41, 5.74) is 2.03. The summed E-state index contributed by atoms with van der Waals surface area (Å²) >= 11 is 0. The number of fused-ring (bicyclic) bond motifs is 1. The number of H-pyrrole nitrogens is 1. The molecule has 0 aliphatic rings. The Morgan fingerprint density at radius 1 is 1.14 bits per heavy atom. The minimum Gasteiger partial charge on any atom is -0.361 e. The maximum Gasteiger partial charge on any atom is 0.191 e. The van der Waals surface area contributed by atoms with E-state index in [2.05, 4.69) is 46.3 Å². The van der Waals surface area contributed by atoms with Gasteiger partial charge in [0.1, 0.15) is 5.82 Å². The summed E-state index contributed by atoms with van der Waals surface area (Å²) in [6.07, 6.45) is 5.10. The van der Waals surface area contributed by atoms with E-state index in [1.165, 1.54) is 24.1 Å². The van der Waals surface area contributed by atoms with Crippen LogP contribution in [0.2, 0.25) is 0 Å². The third-order valence-corrected chi connectivity index (χ3v) is 4.81. The van der Waals surface area contributed by atoms with Crippen molar-refractivity contribution in [3.05, 3.63) is 35.8 Å². The topological polar surface area (TPSA) is 55.5 Å². The third kappa shape index (κ3) is 7.95. The zero-order valence-electron chi connectivity index (χ0n) is 17.4. The monoisotopic (exact) mass is 503 g/mol. The molecule has 0 aliphatic heterocycles. The summed E-state index contributed by atoms with van der Waals surface area (Å²) in [5, 5.41) is 7.78. The molecule has 0 amide bonds. The number of aromatic nitrogens is 1. The van der Waals surface area contributed by atoms with Crippen molar-refractivity contribution in [1.82, 2.24) is 20.5 Å². The van der Waals surface area contributed by atoms with Gasteiger partial charge in [-0.2, -0.15) is 0 Å². The maximum absolute atomic E-state index is 13.3. The molecular weight excluding hydrogens is 468 g/mol. The molecule has 1 aromatic carbocycles. The minimum absolute atomic E-state index is 0. The van der Waals surface area contributed by atoms with Gasteiger partial charge >= 0.3 is 0 Å². The SMILES string of the molecule is CCNC(=NCCCCN(CC)CC)NCCc1c[nH]c2cc(F)ccc12.I. The van der Waals surface area contributed by atoms with Gasteiger partial charge < -0.3 is 20.5 Å². The summed E-state index contributed by atoms with van der Waals surface area (Å²) in [5.74, 6) is 0.655. The van der Waals surface area contributed by atoms with Crippen molar-refractivity contribution in [2.45, 2.75) is 40.0 Å². The van der Waals surface area contributed by atoms with E-state index in [4.69, 9.17) is 0 Å². The lowest BCUT2D eigenvalue weighted by Crippen LogP contribution is -2.38. The Morgan fingerprint density at radius 2 is 1.93 bits per heavy atom. The van der Waals surface area contributed by atoms with Crippen LogP contribution >= 0.6 is 24.0 Å². The van der Waals surface area contributed by atoms with E-state index in [9.17, 15) is 4.39 Å². The number of hydrogen-bond acceptors (Lipinski definition) is 2. The Labute approximate surface area is 185 Å². The number of guanidine groups is 1. The molecule has 1 aromatic heterocycles. The molecule has 1 heterocycles. The van der Waals surface area contributed by atoms with Crippen LogP contribution in [0.4, 0.5) is 4.39 Å². The number of nitrogens with zero attached hydrogens (tertiary/aromatic N) is 2. The van der Waals surface area contributed by atoms with Crippen molar-refractivity contribution in [3.8, 4) is 0 Å². The van der Waals surface area contributed by atoms with Gasteiger partial charge in [0, 0.05) is 36.7 Å². The van der Waals surface area contributed by atoms with Crippen LogP contribution < -0.4 is 10.6 Å². The first kappa shape index (κ1) is 24.7. The Balaban J connectivity index is 0.00000392. The number of nitrogens with one attached hydrogen (secondary N) is 3. The molecule has 3 N–H and O–H groups in total. The second-order valence-electron chi connectivity index (χ2n) is 6.68. The Kier molecular flexibility index (Phi) is 12.1. The number of aromatic amines is 1. The highest BCUT2D eigenvalue weighted by Crippen LogP contribution is 2.19. The molecule has 0 spiro atoms. The Hall–Kier alpha value is -1.35. The first-order chi connectivity index (χ1) is 13.2. The van der Waals surface area contributed by atoms with E-state index in [0.29, 0.717) is 0 Å². The van der Waals surface area contributed by atoms with Gasteiger partial charge in [0.25, 0.3) is 0 Å². The molecule has 0 atom stereocenters. The second kappa shape index (κ2) is 13.8. The van der Waals surface area contributed by atoms with E-state index in [1.54, 1.807) is 0 Å². The molecule has 0 unspecified atom stereocenters. The van der Waals surface area contributed by atoms with Crippen LogP contribution in [0.25, 0.3) is 10.9 Å². The van der Waals surface area contributed by atoms with Crippen LogP contribution in [0.1, 0.15) is 39.2 Å². The summed E-state index contributed by atoms with van der Waals surface area (Å²) in [6, 6.07) is 4.89. The minimum atomic E-state index is -0.211. The summed E-state index contributed by atoms with van der Waals surface area (Å²) in [4.78, 5) is 10.3. The lowest BCUT2D eigenvalue weighted by atomic mass is 10.1. The number of unbranched alkanes of at least 4 members (excludes halogenated alkanes) is 1. The van der Waals surface area contributed by atoms with Crippen LogP contribution in [-0.4, -0.2) is 55.1 Å². The van der Waals surface area contributed by atoms with Gasteiger partial charge in [-0.05, 0) is 69.6 Å². The number of halogens is 2. The average molecular weight is 503 g/mol. The fourth-order valence-electron chi connectivity index (χ4n) is 3.20. The molecule has 2 rings (SSSR count). The smallest absolute Gasteiger partial charge is 0.191 e. The standard InChI is InChI=1S/C21H34FN5.HI/c1-4-23-21(24-12-7-8-14-27(5-2)6-3)25-13-11-17-16-26-20-15-18(22)9-10-19(17)20;/h9-10,15-16,26H,4-8,11-14H2,1-3H3,(H2,23,24,25);1H. The Morgan fingerprint density at radius 3 is 2.64 bits per heavy atom. The molecule has 0 bridgehead atoms. The van der Waals surface area contributed by atoms with Gasteiger partial charge in [0.05, 0.1) is 0 Å². The Bertz CT molecular complexity index is 712. The van der Waals surface area contributed by atoms with Crippen molar-refractivity contribution in [3.63, 3.8) is 0 Å². The van der Waals surface area contributed by atoms with Crippen molar-refractivity contribution < 1.29 is 4.39 Å². The third-order valence-electron chi connectivity index (χ3n) is 4.81. The van der Waals surface area contributed by atoms with E-state index < -0.39 is 0 Å². The normalized spacial score (nSPS) is 11.7. The number of hydrogen-bond donors (Lipinski definition) is 3. The number of benzene rings is 1. The molecule has 2 aromatic rings. The predicted octanol–water partition coefficient (Wildman–Crippen LogP) is 4.14. The first-order valence-corrected chi connectivity index (χ1v) is 10.2. The predicted molar refractivity (Wildman–Crippen MR) is 128 cm³/mol. The summed E-state index contributed by atoms with van der Waals surface area (Å²) < 4.78 is 13.3. The summed E-state index contributed by atoms with van der Waals surface area (Å²) in [7, 11) is 0. The van der Waals surface area contributed by atoms with Gasteiger partial charge in [-0.25, -0.2) is 4.39 Å². The van der Waals surface area contributed by atoms with E-state index in [1.807, 2.05) is 12.3 Å². The quantitative estimate of drug-likeness (QED) is 0.187. The molecule has 0 radical (unpaired) electrons. The maximum atomic E-state index is 13.3. The van der Waals surface area contributed by atoms with Crippen molar-refractivity contribution >= 4 is 40.8 Å². The fraction of sp³-hybridized carbons (Fsp3) is 0.571. The zero-order valence-corrected chi connectivity index (χ0v) is 19.7. The second-order valence-corrected chi connectivity index (χ2v) is 6.68. The van der Waals surface area contributed by atoms with Crippen molar-refractivity contribution in [1.29, 1.82) is 0 Å². The molecule has 0 aliphatic carbocycles. The van der Waals surface area contributed by atoms with Crippen molar-refractivity contribution in [2.75, 3.05) is 39.3 Å². The van der Waals surface area contributed by atoms with Gasteiger partial charge in [-0.1, -0.05) is 13.8 Å². The van der Waals surface area contributed by atoms with Gasteiger partial charge in [-0.3, -0.25) is 4.99 Å². The zero-order chi connectivity index (χ0) is 19.5. The fourth-order valence-corrected chi connectivity index (χ4v) is 3.20. The van der Waals surface area contributed by atoms with Gasteiger partial charge in [0.15, 0.2) is 5.96 Å². The molecule has 7 heteroatoms.